The second kappa shape index (κ2) is 3.59. The Morgan fingerprint density at radius 3 is 2.00 bits per heavy atom. The summed E-state index contributed by atoms with van der Waals surface area (Å²) in [6.45, 7) is 8.55. The van der Waals surface area contributed by atoms with Crippen LogP contribution in [0.1, 0.15) is 34.1 Å². The molecule has 3 amide bonds. The fourth-order valence-corrected chi connectivity index (χ4v) is 1.96. The molecule has 80 valence electrons. The lowest BCUT2D eigenvalue weighted by molar-refractivity contribution is -0.132. The van der Waals surface area contributed by atoms with Crippen LogP contribution in [0.25, 0.3) is 0 Å². The lowest BCUT2D eigenvalue weighted by Crippen LogP contribution is -2.46. The minimum atomic E-state index is -0.623. The molecule has 1 aliphatic rings. The highest BCUT2D eigenvalue weighted by atomic mass is 16.2. The SMILES string of the molecule is CCN1C(=O)N(CC)C(C)(CC)C1=O. The molecule has 0 N–H and O–H groups in total. The summed E-state index contributed by atoms with van der Waals surface area (Å²) >= 11 is 0. The fraction of sp³-hybridized carbons (Fsp3) is 0.800. The number of hydrogen-bond acceptors (Lipinski definition) is 2. The van der Waals surface area contributed by atoms with Crippen molar-refractivity contribution in [3.63, 3.8) is 0 Å². The molecule has 1 fully saturated rings. The summed E-state index contributed by atoms with van der Waals surface area (Å²) in [7, 11) is 0. The van der Waals surface area contributed by atoms with Gasteiger partial charge in [0.25, 0.3) is 5.91 Å². The van der Waals surface area contributed by atoms with E-state index in [0.29, 0.717) is 19.5 Å². The normalized spacial score (nSPS) is 27.7. The lowest BCUT2D eigenvalue weighted by atomic mass is 9.97. The summed E-state index contributed by atoms with van der Waals surface area (Å²) in [5.41, 5.74) is -0.623. The third-order valence-electron chi connectivity index (χ3n) is 3.08. The predicted octanol–water partition coefficient (Wildman–Crippen LogP) is 1.46. The average molecular weight is 198 g/mol. The van der Waals surface area contributed by atoms with Gasteiger partial charge >= 0.3 is 6.03 Å². The summed E-state index contributed by atoms with van der Waals surface area (Å²) in [4.78, 5) is 26.7. The van der Waals surface area contributed by atoms with Gasteiger partial charge in [-0.05, 0) is 27.2 Å². The molecule has 0 radical (unpaired) electrons. The summed E-state index contributed by atoms with van der Waals surface area (Å²) in [5.74, 6) is -0.0608. The Hall–Kier alpha value is -1.06. The Labute approximate surface area is 84.9 Å². The first-order chi connectivity index (χ1) is 6.52. The molecule has 1 saturated heterocycles. The fourth-order valence-electron chi connectivity index (χ4n) is 1.96. The Kier molecular flexibility index (Phi) is 2.83. The maximum Gasteiger partial charge on any atom is 0.327 e. The number of imide groups is 1. The van der Waals surface area contributed by atoms with E-state index in [-0.39, 0.29) is 11.9 Å². The van der Waals surface area contributed by atoms with Crippen molar-refractivity contribution in [1.29, 1.82) is 0 Å². The van der Waals surface area contributed by atoms with Crippen LogP contribution in [0.2, 0.25) is 0 Å². The number of likely N-dealkylation sites (N-methyl/N-ethyl adjacent to an activating group) is 2. The van der Waals surface area contributed by atoms with Gasteiger partial charge in [0.2, 0.25) is 0 Å². The van der Waals surface area contributed by atoms with Gasteiger partial charge < -0.3 is 4.90 Å². The van der Waals surface area contributed by atoms with E-state index in [2.05, 4.69) is 0 Å². The molecule has 1 unspecified atom stereocenters. The standard InChI is InChI=1S/C10H18N2O2/c1-5-10(4)8(13)11(6-2)9(14)12(10)7-3/h5-7H2,1-4H3. The maximum atomic E-state index is 11.9. The van der Waals surface area contributed by atoms with Crippen LogP contribution in [0.5, 0.6) is 0 Å². The van der Waals surface area contributed by atoms with Crippen molar-refractivity contribution in [3.05, 3.63) is 0 Å². The van der Waals surface area contributed by atoms with Gasteiger partial charge in [-0.2, -0.15) is 0 Å². The molecule has 4 heteroatoms. The Morgan fingerprint density at radius 2 is 1.71 bits per heavy atom. The quantitative estimate of drug-likeness (QED) is 0.644. The van der Waals surface area contributed by atoms with Crippen LogP contribution in [0.4, 0.5) is 4.79 Å². The van der Waals surface area contributed by atoms with Gasteiger partial charge in [0.05, 0.1) is 0 Å². The third-order valence-corrected chi connectivity index (χ3v) is 3.08. The zero-order valence-corrected chi connectivity index (χ0v) is 9.33. The zero-order chi connectivity index (χ0) is 10.9. The van der Waals surface area contributed by atoms with Crippen molar-refractivity contribution in [2.45, 2.75) is 39.7 Å². The monoisotopic (exact) mass is 198 g/mol. The molecule has 0 aliphatic carbocycles. The van der Waals surface area contributed by atoms with Crippen LogP contribution in [0.3, 0.4) is 0 Å². The van der Waals surface area contributed by atoms with Crippen LogP contribution >= 0.6 is 0 Å². The third kappa shape index (κ3) is 1.21. The van der Waals surface area contributed by atoms with Crippen molar-refractivity contribution in [2.75, 3.05) is 13.1 Å². The summed E-state index contributed by atoms with van der Waals surface area (Å²) in [5, 5.41) is 0. The van der Waals surface area contributed by atoms with Gasteiger partial charge in [-0.15, -0.1) is 0 Å². The molecule has 14 heavy (non-hydrogen) atoms. The molecule has 0 aromatic rings. The highest BCUT2D eigenvalue weighted by Crippen LogP contribution is 2.30. The van der Waals surface area contributed by atoms with E-state index in [1.54, 1.807) is 4.90 Å². The van der Waals surface area contributed by atoms with E-state index in [1.165, 1.54) is 4.90 Å². The van der Waals surface area contributed by atoms with E-state index in [0.717, 1.165) is 0 Å². The molecule has 1 atom stereocenters. The van der Waals surface area contributed by atoms with Crippen molar-refractivity contribution in [3.8, 4) is 0 Å². The van der Waals surface area contributed by atoms with Crippen LogP contribution < -0.4 is 0 Å². The molecule has 0 saturated carbocycles. The first-order valence-electron chi connectivity index (χ1n) is 5.16. The second-order valence-corrected chi connectivity index (χ2v) is 3.70. The van der Waals surface area contributed by atoms with Gasteiger partial charge in [-0.25, -0.2) is 4.79 Å². The smallest absolute Gasteiger partial charge is 0.310 e. The number of rotatable bonds is 3. The van der Waals surface area contributed by atoms with Crippen molar-refractivity contribution in [2.24, 2.45) is 0 Å². The average Bonchev–Trinajstić information content (AvgIpc) is 2.36. The lowest BCUT2D eigenvalue weighted by Gasteiger charge is -2.29. The van der Waals surface area contributed by atoms with Gasteiger partial charge in [0, 0.05) is 13.1 Å². The summed E-state index contributed by atoms with van der Waals surface area (Å²) in [6, 6.07) is -0.149. The van der Waals surface area contributed by atoms with E-state index in [1.807, 2.05) is 27.7 Å². The minimum Gasteiger partial charge on any atom is -0.310 e. The maximum absolute atomic E-state index is 11.9. The number of urea groups is 1. The van der Waals surface area contributed by atoms with E-state index in [4.69, 9.17) is 0 Å². The highest BCUT2D eigenvalue weighted by Gasteiger charge is 2.51. The van der Waals surface area contributed by atoms with Gasteiger partial charge in [0.15, 0.2) is 0 Å². The van der Waals surface area contributed by atoms with E-state index < -0.39 is 5.54 Å². The molecule has 0 bridgehead atoms. The Morgan fingerprint density at radius 1 is 1.14 bits per heavy atom. The highest BCUT2D eigenvalue weighted by molar-refractivity contribution is 6.06. The molecule has 1 rings (SSSR count). The summed E-state index contributed by atoms with van der Waals surface area (Å²) in [6.07, 6.45) is 0.669. The van der Waals surface area contributed by atoms with Crippen LogP contribution in [-0.4, -0.2) is 40.4 Å². The first-order valence-corrected chi connectivity index (χ1v) is 5.16. The zero-order valence-electron chi connectivity index (χ0n) is 9.33. The van der Waals surface area contributed by atoms with Crippen LogP contribution in [0, 0.1) is 0 Å². The van der Waals surface area contributed by atoms with Gasteiger partial charge in [0.1, 0.15) is 5.54 Å². The van der Waals surface area contributed by atoms with E-state index >= 15 is 0 Å². The molecule has 0 aromatic heterocycles. The molecule has 1 heterocycles. The number of hydrogen-bond donors (Lipinski definition) is 0. The number of amides is 3. The molecule has 0 spiro atoms. The van der Waals surface area contributed by atoms with Crippen LogP contribution in [-0.2, 0) is 4.79 Å². The molecule has 1 aliphatic heterocycles. The minimum absolute atomic E-state index is 0.0608. The van der Waals surface area contributed by atoms with Crippen LogP contribution in [0.15, 0.2) is 0 Å². The van der Waals surface area contributed by atoms with E-state index in [9.17, 15) is 9.59 Å². The summed E-state index contributed by atoms with van der Waals surface area (Å²) < 4.78 is 0. The Bertz CT molecular complexity index is 265. The van der Waals surface area contributed by atoms with Gasteiger partial charge in [-0.3, -0.25) is 9.69 Å². The number of carbonyl (C=O) groups is 2. The van der Waals surface area contributed by atoms with Crippen molar-refractivity contribution in [1.82, 2.24) is 9.80 Å². The predicted molar refractivity (Wildman–Crippen MR) is 53.9 cm³/mol. The van der Waals surface area contributed by atoms with Crippen molar-refractivity contribution < 1.29 is 9.59 Å². The second-order valence-electron chi connectivity index (χ2n) is 3.70. The number of carbonyl (C=O) groups excluding carboxylic acids is 2. The molecular formula is C10H18N2O2. The topological polar surface area (TPSA) is 40.6 Å². The first kappa shape index (κ1) is 11.0. The van der Waals surface area contributed by atoms with Crippen molar-refractivity contribution >= 4 is 11.9 Å². The molecule has 0 aromatic carbocycles. The molecule has 4 nitrogen and oxygen atoms in total. The Balaban J connectivity index is 3.08. The number of nitrogens with zero attached hydrogens (tertiary/aromatic N) is 2. The molecular weight excluding hydrogens is 180 g/mol. The van der Waals surface area contributed by atoms with Gasteiger partial charge in [-0.1, -0.05) is 6.92 Å². The largest absolute Gasteiger partial charge is 0.327 e.